The van der Waals surface area contributed by atoms with Gasteiger partial charge in [-0.15, -0.1) is 0 Å². The first kappa shape index (κ1) is 10.3. The lowest BCUT2D eigenvalue weighted by atomic mass is 10.2. The molecule has 3 nitrogen and oxygen atoms in total. The van der Waals surface area contributed by atoms with Gasteiger partial charge in [0.25, 0.3) is 0 Å². The minimum absolute atomic E-state index is 0.0938. The Kier molecular flexibility index (Phi) is 4.02. The Labute approximate surface area is 82.5 Å². The fraction of sp³-hybridized carbons (Fsp3) is 0.333. The average Bonchev–Trinajstić information content (AvgIpc) is 2.15. The van der Waals surface area contributed by atoms with E-state index in [-0.39, 0.29) is 6.61 Å². The predicted molar refractivity (Wildman–Crippen MR) is 54.9 cm³/mol. The molecule has 1 aromatic carbocycles. The average molecular weight is 201 g/mol. The fourth-order valence-electron chi connectivity index (χ4n) is 1.08. The summed E-state index contributed by atoms with van der Waals surface area (Å²) in [6, 6.07) is 5.48. The largest absolute Gasteiger partial charge is 0.395 e. The molecule has 0 amide bonds. The summed E-state index contributed by atoms with van der Waals surface area (Å²) in [6.45, 7) is 1.06. The minimum atomic E-state index is 0.0938. The summed E-state index contributed by atoms with van der Waals surface area (Å²) in [6.07, 6.45) is 0. The summed E-state index contributed by atoms with van der Waals surface area (Å²) in [5.74, 6) is 0. The summed E-state index contributed by atoms with van der Waals surface area (Å²) in [5.41, 5.74) is 7.42. The van der Waals surface area contributed by atoms with Crippen LogP contribution in [0.1, 0.15) is 5.56 Å². The molecular weight excluding hydrogens is 188 g/mol. The Morgan fingerprint density at radius 1 is 1.46 bits per heavy atom. The van der Waals surface area contributed by atoms with Crippen LogP contribution in [0.25, 0.3) is 0 Å². The van der Waals surface area contributed by atoms with Crippen molar-refractivity contribution in [1.29, 1.82) is 0 Å². The van der Waals surface area contributed by atoms with Crippen LogP contribution in [0.3, 0.4) is 0 Å². The molecule has 0 unspecified atom stereocenters. The maximum Gasteiger partial charge on any atom is 0.0604 e. The van der Waals surface area contributed by atoms with E-state index >= 15 is 0 Å². The van der Waals surface area contributed by atoms with Gasteiger partial charge in [-0.25, -0.2) is 0 Å². The van der Waals surface area contributed by atoms with Gasteiger partial charge >= 0.3 is 0 Å². The highest BCUT2D eigenvalue weighted by molar-refractivity contribution is 6.30. The summed E-state index contributed by atoms with van der Waals surface area (Å²) in [5, 5.41) is 12.3. The second-order valence-corrected chi connectivity index (χ2v) is 3.09. The molecule has 0 aliphatic carbocycles. The molecule has 0 aromatic heterocycles. The fourth-order valence-corrected chi connectivity index (χ4v) is 1.25. The second kappa shape index (κ2) is 5.07. The van der Waals surface area contributed by atoms with Crippen LogP contribution in [-0.2, 0) is 6.54 Å². The molecule has 0 aliphatic heterocycles. The molecule has 0 saturated carbocycles. The van der Waals surface area contributed by atoms with Crippen LogP contribution in [0.15, 0.2) is 18.2 Å². The maximum atomic E-state index is 8.63. The highest BCUT2D eigenvalue weighted by Gasteiger charge is 2.00. The number of hydrogen-bond acceptors (Lipinski definition) is 3. The molecule has 1 aromatic rings. The third-order valence-electron chi connectivity index (χ3n) is 1.72. The topological polar surface area (TPSA) is 58.3 Å². The van der Waals surface area contributed by atoms with Crippen molar-refractivity contribution in [1.82, 2.24) is 0 Å². The molecule has 0 atom stereocenters. The van der Waals surface area contributed by atoms with E-state index in [2.05, 4.69) is 5.32 Å². The van der Waals surface area contributed by atoms with Gasteiger partial charge in [0.15, 0.2) is 0 Å². The van der Waals surface area contributed by atoms with Gasteiger partial charge in [-0.2, -0.15) is 0 Å². The molecule has 0 spiro atoms. The first-order valence-electron chi connectivity index (χ1n) is 4.11. The normalized spacial score (nSPS) is 10.1. The first-order valence-corrected chi connectivity index (χ1v) is 4.49. The number of anilines is 1. The number of nitrogens with two attached hydrogens (primary N) is 1. The van der Waals surface area contributed by atoms with Crippen molar-refractivity contribution in [3.63, 3.8) is 0 Å². The zero-order valence-electron chi connectivity index (χ0n) is 7.26. The number of aliphatic hydroxyl groups is 1. The van der Waals surface area contributed by atoms with Gasteiger partial charge in [0, 0.05) is 23.8 Å². The van der Waals surface area contributed by atoms with E-state index in [9.17, 15) is 0 Å². The second-order valence-electron chi connectivity index (χ2n) is 2.66. The molecular formula is C9H13ClN2O. The molecule has 4 heteroatoms. The van der Waals surface area contributed by atoms with Crippen molar-refractivity contribution in [3.8, 4) is 0 Å². The lowest BCUT2D eigenvalue weighted by Gasteiger charge is -2.09. The number of hydrogen-bond donors (Lipinski definition) is 3. The van der Waals surface area contributed by atoms with Crippen molar-refractivity contribution in [2.45, 2.75) is 6.54 Å². The van der Waals surface area contributed by atoms with Crippen molar-refractivity contribution < 1.29 is 5.11 Å². The predicted octanol–water partition coefficient (Wildman–Crippen LogP) is 1.20. The number of aliphatic hydroxyl groups excluding tert-OH is 1. The Morgan fingerprint density at radius 2 is 2.23 bits per heavy atom. The molecule has 4 N–H and O–H groups in total. The van der Waals surface area contributed by atoms with Gasteiger partial charge in [0.2, 0.25) is 0 Å². The zero-order chi connectivity index (χ0) is 9.68. The van der Waals surface area contributed by atoms with Crippen LogP contribution in [-0.4, -0.2) is 18.3 Å². The van der Waals surface area contributed by atoms with Crippen LogP contribution in [0.4, 0.5) is 5.69 Å². The summed E-state index contributed by atoms with van der Waals surface area (Å²) >= 11 is 5.81. The smallest absolute Gasteiger partial charge is 0.0604 e. The maximum absolute atomic E-state index is 8.63. The molecule has 0 radical (unpaired) electrons. The van der Waals surface area contributed by atoms with Crippen molar-refractivity contribution >= 4 is 17.3 Å². The summed E-state index contributed by atoms with van der Waals surface area (Å²) in [7, 11) is 0. The van der Waals surface area contributed by atoms with Gasteiger partial charge < -0.3 is 16.2 Å². The Morgan fingerprint density at radius 3 is 2.85 bits per heavy atom. The zero-order valence-corrected chi connectivity index (χ0v) is 8.01. The van der Waals surface area contributed by atoms with Gasteiger partial charge in [-0.05, 0) is 17.7 Å². The molecule has 13 heavy (non-hydrogen) atoms. The summed E-state index contributed by atoms with van der Waals surface area (Å²) < 4.78 is 0. The van der Waals surface area contributed by atoms with E-state index in [0.29, 0.717) is 18.1 Å². The monoisotopic (exact) mass is 200 g/mol. The number of halogens is 1. The van der Waals surface area contributed by atoms with Crippen molar-refractivity contribution in [2.24, 2.45) is 5.73 Å². The molecule has 72 valence electrons. The van der Waals surface area contributed by atoms with Crippen LogP contribution in [0, 0.1) is 0 Å². The molecule has 0 aliphatic rings. The van der Waals surface area contributed by atoms with Crippen LogP contribution < -0.4 is 11.1 Å². The molecule has 1 rings (SSSR count). The Hall–Kier alpha value is -0.770. The van der Waals surface area contributed by atoms with E-state index in [1.54, 1.807) is 12.1 Å². The highest BCUT2D eigenvalue weighted by atomic mass is 35.5. The van der Waals surface area contributed by atoms with E-state index in [0.717, 1.165) is 11.3 Å². The van der Waals surface area contributed by atoms with Gasteiger partial charge in [-0.3, -0.25) is 0 Å². The van der Waals surface area contributed by atoms with Gasteiger partial charge in [0.1, 0.15) is 0 Å². The van der Waals surface area contributed by atoms with E-state index in [1.807, 2.05) is 6.07 Å². The van der Waals surface area contributed by atoms with Crippen LogP contribution in [0.5, 0.6) is 0 Å². The van der Waals surface area contributed by atoms with E-state index in [1.165, 1.54) is 0 Å². The van der Waals surface area contributed by atoms with Crippen molar-refractivity contribution in [2.75, 3.05) is 18.5 Å². The first-order chi connectivity index (χ1) is 6.27. The molecule has 0 heterocycles. The van der Waals surface area contributed by atoms with Gasteiger partial charge in [-0.1, -0.05) is 17.7 Å². The molecule has 0 saturated heterocycles. The van der Waals surface area contributed by atoms with Crippen molar-refractivity contribution in [3.05, 3.63) is 28.8 Å². The standard InChI is InChI=1S/C9H13ClN2O/c10-8-2-1-7(6-11)9(5-8)12-3-4-13/h1-2,5,12-13H,3-4,6,11H2. The highest BCUT2D eigenvalue weighted by Crippen LogP contribution is 2.20. The lowest BCUT2D eigenvalue weighted by molar-refractivity contribution is 0.311. The molecule has 0 fully saturated rings. The third kappa shape index (κ3) is 2.88. The SMILES string of the molecule is NCc1ccc(Cl)cc1NCCO. The number of nitrogens with one attached hydrogen (secondary N) is 1. The third-order valence-corrected chi connectivity index (χ3v) is 1.95. The number of benzene rings is 1. The van der Waals surface area contributed by atoms with Crippen LogP contribution >= 0.6 is 11.6 Å². The lowest BCUT2D eigenvalue weighted by Crippen LogP contribution is -2.09. The minimum Gasteiger partial charge on any atom is -0.395 e. The van der Waals surface area contributed by atoms with Crippen LogP contribution in [0.2, 0.25) is 5.02 Å². The molecule has 0 bridgehead atoms. The van der Waals surface area contributed by atoms with E-state index in [4.69, 9.17) is 22.4 Å². The van der Waals surface area contributed by atoms with Gasteiger partial charge in [0.05, 0.1) is 6.61 Å². The van der Waals surface area contributed by atoms with E-state index < -0.39 is 0 Å². The summed E-state index contributed by atoms with van der Waals surface area (Å²) in [4.78, 5) is 0. The number of rotatable bonds is 4. The Bertz CT molecular complexity index is 278. The Balaban J connectivity index is 2.81. The quantitative estimate of drug-likeness (QED) is 0.685.